The molecule has 1 amide bonds. The van der Waals surface area contributed by atoms with E-state index in [1.807, 2.05) is 49.5 Å². The summed E-state index contributed by atoms with van der Waals surface area (Å²) in [5.74, 6) is 1.31. The molecule has 1 aromatic carbocycles. The monoisotopic (exact) mass is 401 g/mol. The SMILES string of the molecule is C=CC(C)[C@@H]1C[C@H]1C(=O)Nc1cc2cc(-c3cnccc3N(C)C)cc(N)c2cn1. The molecule has 1 unspecified atom stereocenters. The van der Waals surface area contributed by atoms with E-state index >= 15 is 0 Å². The minimum atomic E-state index is 0.0202. The van der Waals surface area contributed by atoms with Gasteiger partial charge in [-0.2, -0.15) is 0 Å². The molecule has 6 nitrogen and oxygen atoms in total. The van der Waals surface area contributed by atoms with Gasteiger partial charge in [0.05, 0.1) is 0 Å². The fourth-order valence-electron chi connectivity index (χ4n) is 4.00. The van der Waals surface area contributed by atoms with Gasteiger partial charge in [-0.3, -0.25) is 9.78 Å². The summed E-state index contributed by atoms with van der Waals surface area (Å²) in [5, 5.41) is 4.75. The van der Waals surface area contributed by atoms with Crippen LogP contribution in [-0.4, -0.2) is 30.0 Å². The number of rotatable bonds is 6. The number of fused-ring (bicyclic) bond motifs is 1. The summed E-state index contributed by atoms with van der Waals surface area (Å²) in [4.78, 5) is 23.3. The summed E-state index contributed by atoms with van der Waals surface area (Å²) in [6, 6.07) is 7.86. The first-order valence-corrected chi connectivity index (χ1v) is 10.1. The number of benzene rings is 1. The fourth-order valence-corrected chi connectivity index (χ4v) is 4.00. The average molecular weight is 402 g/mol. The Bertz CT molecular complexity index is 1120. The number of nitrogens with zero attached hydrogens (tertiary/aromatic N) is 3. The standard InChI is InChI=1S/C24H27N5O/c1-5-14(2)17-11-18(17)24(30)28-23-10-16-8-15(9-21(25)19(16)13-27-23)20-12-26-7-6-22(20)29(3)4/h5-10,12-14,17-18H,1,11,25H2,2-4H3,(H,27,28,30)/t14?,17-,18+/m0/s1. The topological polar surface area (TPSA) is 84.1 Å². The Morgan fingerprint density at radius 1 is 1.33 bits per heavy atom. The summed E-state index contributed by atoms with van der Waals surface area (Å²) in [7, 11) is 4.00. The highest BCUT2D eigenvalue weighted by atomic mass is 16.2. The van der Waals surface area contributed by atoms with E-state index < -0.39 is 0 Å². The summed E-state index contributed by atoms with van der Waals surface area (Å²) in [6.07, 6.45) is 8.15. The number of nitrogens with two attached hydrogens (primary N) is 1. The number of aromatic nitrogens is 2. The number of carbonyl (C=O) groups is 1. The van der Waals surface area contributed by atoms with Crippen LogP contribution in [0.4, 0.5) is 17.2 Å². The van der Waals surface area contributed by atoms with Crippen LogP contribution >= 0.6 is 0 Å². The van der Waals surface area contributed by atoms with Crippen molar-refractivity contribution in [2.45, 2.75) is 13.3 Å². The number of pyridine rings is 2. The first-order chi connectivity index (χ1) is 14.4. The van der Waals surface area contributed by atoms with Gasteiger partial charge in [0, 0.05) is 60.9 Å². The van der Waals surface area contributed by atoms with Crippen molar-refractivity contribution in [3.05, 3.63) is 55.5 Å². The average Bonchev–Trinajstić information content (AvgIpc) is 3.54. The molecule has 1 saturated carbocycles. The zero-order chi connectivity index (χ0) is 21.4. The molecule has 0 bridgehead atoms. The Hall–Kier alpha value is -3.41. The number of anilines is 3. The van der Waals surface area contributed by atoms with Crippen LogP contribution in [0.5, 0.6) is 0 Å². The largest absolute Gasteiger partial charge is 0.398 e. The van der Waals surface area contributed by atoms with Gasteiger partial charge in [-0.25, -0.2) is 4.98 Å². The zero-order valence-corrected chi connectivity index (χ0v) is 17.6. The van der Waals surface area contributed by atoms with Crippen molar-refractivity contribution >= 4 is 33.9 Å². The number of nitrogens with one attached hydrogen (secondary N) is 1. The Morgan fingerprint density at radius 2 is 2.13 bits per heavy atom. The van der Waals surface area contributed by atoms with Crippen molar-refractivity contribution in [1.29, 1.82) is 0 Å². The van der Waals surface area contributed by atoms with Gasteiger partial charge in [0.2, 0.25) is 5.91 Å². The molecule has 154 valence electrons. The normalized spacial score (nSPS) is 18.6. The first kappa shape index (κ1) is 19.9. The van der Waals surface area contributed by atoms with Crippen LogP contribution in [0.2, 0.25) is 0 Å². The molecule has 0 aliphatic heterocycles. The molecule has 30 heavy (non-hydrogen) atoms. The maximum absolute atomic E-state index is 12.6. The van der Waals surface area contributed by atoms with Crippen molar-refractivity contribution in [3.8, 4) is 11.1 Å². The van der Waals surface area contributed by atoms with Gasteiger partial charge in [-0.1, -0.05) is 13.0 Å². The number of nitrogen functional groups attached to an aromatic ring is 1. The zero-order valence-electron chi connectivity index (χ0n) is 17.6. The van der Waals surface area contributed by atoms with Crippen LogP contribution in [-0.2, 0) is 4.79 Å². The van der Waals surface area contributed by atoms with E-state index in [0.29, 0.717) is 23.3 Å². The molecule has 0 saturated heterocycles. The Morgan fingerprint density at radius 3 is 2.87 bits per heavy atom. The number of amides is 1. The molecule has 1 aliphatic carbocycles. The molecule has 1 fully saturated rings. The van der Waals surface area contributed by atoms with Gasteiger partial charge >= 0.3 is 0 Å². The predicted molar refractivity (Wildman–Crippen MR) is 123 cm³/mol. The maximum atomic E-state index is 12.6. The van der Waals surface area contributed by atoms with Crippen molar-refractivity contribution in [2.75, 3.05) is 30.0 Å². The Labute approximate surface area is 176 Å². The van der Waals surface area contributed by atoms with Crippen molar-refractivity contribution in [3.63, 3.8) is 0 Å². The number of hydrogen-bond donors (Lipinski definition) is 2. The highest BCUT2D eigenvalue weighted by Crippen LogP contribution is 2.45. The summed E-state index contributed by atoms with van der Waals surface area (Å²) >= 11 is 0. The first-order valence-electron chi connectivity index (χ1n) is 10.1. The van der Waals surface area contributed by atoms with Gasteiger partial charge in [0.25, 0.3) is 0 Å². The number of allylic oxidation sites excluding steroid dienone is 1. The minimum absolute atomic E-state index is 0.0202. The fraction of sp³-hybridized carbons (Fsp3) is 0.292. The highest BCUT2D eigenvalue weighted by molar-refractivity contribution is 6.00. The number of carbonyl (C=O) groups excluding carboxylic acids is 1. The molecule has 0 radical (unpaired) electrons. The van der Waals surface area contributed by atoms with Gasteiger partial charge in [0.15, 0.2) is 0 Å². The lowest BCUT2D eigenvalue weighted by molar-refractivity contribution is -0.117. The third-order valence-electron chi connectivity index (χ3n) is 5.93. The molecule has 3 aromatic rings. The van der Waals surface area contributed by atoms with Gasteiger partial charge < -0.3 is 16.0 Å². The lowest BCUT2D eigenvalue weighted by Crippen LogP contribution is -2.16. The molecule has 0 spiro atoms. The maximum Gasteiger partial charge on any atom is 0.228 e. The van der Waals surface area contributed by atoms with Crippen LogP contribution in [0.25, 0.3) is 21.9 Å². The molecule has 2 aromatic heterocycles. The third kappa shape index (κ3) is 3.73. The van der Waals surface area contributed by atoms with Crippen molar-refractivity contribution in [2.24, 2.45) is 17.8 Å². The predicted octanol–water partition coefficient (Wildman–Crippen LogP) is 4.34. The molecule has 4 rings (SSSR count). The second kappa shape index (κ2) is 7.78. The van der Waals surface area contributed by atoms with Crippen molar-refractivity contribution < 1.29 is 4.79 Å². The van der Waals surface area contributed by atoms with E-state index in [4.69, 9.17) is 5.73 Å². The second-order valence-electron chi connectivity index (χ2n) is 8.23. The molecular weight excluding hydrogens is 374 g/mol. The lowest BCUT2D eigenvalue weighted by Gasteiger charge is -2.18. The van der Waals surface area contributed by atoms with E-state index in [1.54, 1.807) is 12.4 Å². The van der Waals surface area contributed by atoms with Gasteiger partial charge in [0.1, 0.15) is 5.82 Å². The van der Waals surface area contributed by atoms with Gasteiger partial charge in [-0.05, 0) is 53.5 Å². The number of hydrogen-bond acceptors (Lipinski definition) is 5. The summed E-state index contributed by atoms with van der Waals surface area (Å²) in [6.45, 7) is 5.93. The summed E-state index contributed by atoms with van der Waals surface area (Å²) in [5.41, 5.74) is 10.00. The Balaban J connectivity index is 1.65. The van der Waals surface area contributed by atoms with Crippen LogP contribution < -0.4 is 16.0 Å². The molecule has 3 N–H and O–H groups in total. The van der Waals surface area contributed by atoms with Gasteiger partial charge in [-0.15, -0.1) is 6.58 Å². The van der Waals surface area contributed by atoms with E-state index in [1.165, 1.54) is 0 Å². The molecule has 2 heterocycles. The molecular formula is C24H27N5O. The summed E-state index contributed by atoms with van der Waals surface area (Å²) < 4.78 is 0. The second-order valence-corrected chi connectivity index (χ2v) is 8.23. The van der Waals surface area contributed by atoms with E-state index in [-0.39, 0.29) is 11.8 Å². The van der Waals surface area contributed by atoms with Crippen LogP contribution in [0, 0.1) is 17.8 Å². The van der Waals surface area contributed by atoms with Crippen LogP contribution in [0.15, 0.2) is 55.5 Å². The van der Waals surface area contributed by atoms with E-state index in [0.717, 1.165) is 34.0 Å². The van der Waals surface area contributed by atoms with E-state index in [9.17, 15) is 4.79 Å². The Kier molecular flexibility index (Phi) is 5.16. The van der Waals surface area contributed by atoms with Crippen molar-refractivity contribution in [1.82, 2.24) is 9.97 Å². The quantitative estimate of drug-likeness (QED) is 0.474. The molecule has 1 aliphatic rings. The smallest absolute Gasteiger partial charge is 0.228 e. The van der Waals surface area contributed by atoms with E-state index in [2.05, 4.69) is 34.9 Å². The lowest BCUT2D eigenvalue weighted by atomic mass is 10.0. The van der Waals surface area contributed by atoms with Crippen LogP contribution in [0.3, 0.4) is 0 Å². The minimum Gasteiger partial charge on any atom is -0.398 e. The molecule has 6 heteroatoms. The third-order valence-corrected chi connectivity index (χ3v) is 5.93. The van der Waals surface area contributed by atoms with Crippen LogP contribution in [0.1, 0.15) is 13.3 Å². The highest BCUT2D eigenvalue weighted by Gasteiger charge is 2.45. The molecule has 3 atom stereocenters.